The molecule has 2 heterocycles. The zero-order chi connectivity index (χ0) is 21.3. The molecular weight excluding hydrogens is 448 g/mol. The second-order valence-corrected chi connectivity index (χ2v) is 7.83. The predicted octanol–water partition coefficient (Wildman–Crippen LogP) is 3.57. The number of aryl methyl sites for hydroxylation is 2. The SMILES string of the molecule is Cc1nn(CCCNC(=O)c2cccc(N3C(=O)c4ccccc4C3=O)c2)cc1Br. The number of anilines is 1. The van der Waals surface area contributed by atoms with Gasteiger partial charge >= 0.3 is 0 Å². The summed E-state index contributed by atoms with van der Waals surface area (Å²) in [4.78, 5) is 38.9. The van der Waals surface area contributed by atoms with E-state index in [2.05, 4.69) is 26.3 Å². The van der Waals surface area contributed by atoms with Crippen molar-refractivity contribution < 1.29 is 14.4 Å². The van der Waals surface area contributed by atoms with Crippen molar-refractivity contribution in [2.45, 2.75) is 19.9 Å². The molecule has 1 aliphatic heterocycles. The Morgan fingerprint density at radius 1 is 1.07 bits per heavy atom. The van der Waals surface area contributed by atoms with Crippen LogP contribution in [0.5, 0.6) is 0 Å². The Morgan fingerprint density at radius 2 is 1.77 bits per heavy atom. The van der Waals surface area contributed by atoms with Gasteiger partial charge in [0.05, 0.1) is 27.0 Å². The van der Waals surface area contributed by atoms with E-state index in [4.69, 9.17) is 0 Å². The summed E-state index contributed by atoms with van der Waals surface area (Å²) in [5, 5.41) is 7.23. The summed E-state index contributed by atoms with van der Waals surface area (Å²) in [5.74, 6) is -1.02. The highest BCUT2D eigenvalue weighted by Gasteiger charge is 2.36. The molecule has 152 valence electrons. The minimum atomic E-state index is -0.381. The van der Waals surface area contributed by atoms with Crippen LogP contribution in [-0.4, -0.2) is 34.0 Å². The predicted molar refractivity (Wildman–Crippen MR) is 116 cm³/mol. The first-order valence-corrected chi connectivity index (χ1v) is 10.3. The van der Waals surface area contributed by atoms with Crippen LogP contribution in [0.1, 0.15) is 43.2 Å². The Kier molecular flexibility index (Phi) is 5.50. The molecule has 4 rings (SSSR count). The summed E-state index contributed by atoms with van der Waals surface area (Å²) < 4.78 is 2.78. The molecule has 0 saturated carbocycles. The molecule has 0 unspecified atom stereocenters. The molecule has 7 nitrogen and oxygen atoms in total. The van der Waals surface area contributed by atoms with E-state index in [-0.39, 0.29) is 17.7 Å². The fourth-order valence-electron chi connectivity index (χ4n) is 3.36. The minimum absolute atomic E-state index is 0.258. The second kappa shape index (κ2) is 8.23. The first-order chi connectivity index (χ1) is 14.5. The van der Waals surface area contributed by atoms with Gasteiger partial charge in [0, 0.05) is 24.8 Å². The Labute approximate surface area is 181 Å². The third-order valence-electron chi connectivity index (χ3n) is 4.90. The lowest BCUT2D eigenvalue weighted by molar-refractivity contribution is 0.0919. The van der Waals surface area contributed by atoms with E-state index in [0.717, 1.165) is 21.5 Å². The van der Waals surface area contributed by atoms with Crippen molar-refractivity contribution in [3.63, 3.8) is 0 Å². The van der Waals surface area contributed by atoms with Gasteiger partial charge < -0.3 is 5.32 Å². The number of nitrogens with zero attached hydrogens (tertiary/aromatic N) is 3. The van der Waals surface area contributed by atoms with Gasteiger partial charge in [-0.05, 0) is 59.6 Å². The van der Waals surface area contributed by atoms with Crippen molar-refractivity contribution in [3.05, 3.63) is 81.6 Å². The van der Waals surface area contributed by atoms with E-state index in [0.29, 0.717) is 35.5 Å². The maximum atomic E-state index is 12.7. The summed E-state index contributed by atoms with van der Waals surface area (Å²) in [7, 11) is 0. The lowest BCUT2D eigenvalue weighted by Gasteiger charge is -2.15. The molecule has 1 aliphatic rings. The quantitative estimate of drug-likeness (QED) is 0.444. The summed E-state index contributed by atoms with van der Waals surface area (Å²) >= 11 is 3.43. The number of rotatable bonds is 6. The molecule has 0 atom stereocenters. The van der Waals surface area contributed by atoms with Gasteiger partial charge in [0.15, 0.2) is 0 Å². The van der Waals surface area contributed by atoms with Gasteiger partial charge in [-0.3, -0.25) is 19.1 Å². The Hall–Kier alpha value is -3.26. The van der Waals surface area contributed by atoms with Crippen molar-refractivity contribution in [1.82, 2.24) is 15.1 Å². The Balaban J connectivity index is 1.40. The van der Waals surface area contributed by atoms with Crippen molar-refractivity contribution in [2.24, 2.45) is 0 Å². The average Bonchev–Trinajstić information content (AvgIpc) is 3.21. The zero-order valence-corrected chi connectivity index (χ0v) is 17.8. The number of aromatic nitrogens is 2. The van der Waals surface area contributed by atoms with E-state index in [1.165, 1.54) is 0 Å². The molecular formula is C22H19BrN4O3. The number of nitrogens with one attached hydrogen (secondary N) is 1. The van der Waals surface area contributed by atoms with Gasteiger partial charge in [-0.2, -0.15) is 5.10 Å². The van der Waals surface area contributed by atoms with Gasteiger partial charge in [0.2, 0.25) is 0 Å². The van der Waals surface area contributed by atoms with Crippen LogP contribution in [0.25, 0.3) is 0 Å². The van der Waals surface area contributed by atoms with Crippen LogP contribution in [-0.2, 0) is 6.54 Å². The number of fused-ring (bicyclic) bond motifs is 1. The number of carbonyl (C=O) groups excluding carboxylic acids is 3. The van der Waals surface area contributed by atoms with E-state index in [1.54, 1.807) is 48.5 Å². The van der Waals surface area contributed by atoms with Crippen LogP contribution < -0.4 is 10.2 Å². The first kappa shape index (κ1) is 20.0. The van der Waals surface area contributed by atoms with Gasteiger partial charge in [0.1, 0.15) is 0 Å². The fraction of sp³-hybridized carbons (Fsp3) is 0.182. The molecule has 0 radical (unpaired) electrons. The molecule has 3 aromatic rings. The van der Waals surface area contributed by atoms with Gasteiger partial charge in [0.25, 0.3) is 17.7 Å². The first-order valence-electron chi connectivity index (χ1n) is 9.51. The van der Waals surface area contributed by atoms with Crippen LogP contribution in [0.15, 0.2) is 59.2 Å². The van der Waals surface area contributed by atoms with Crippen molar-refractivity contribution in [3.8, 4) is 0 Å². The number of amides is 3. The number of imide groups is 1. The molecule has 2 aromatic carbocycles. The van der Waals surface area contributed by atoms with E-state index in [1.807, 2.05) is 17.8 Å². The molecule has 0 spiro atoms. The lowest BCUT2D eigenvalue weighted by atomic mass is 10.1. The topological polar surface area (TPSA) is 84.3 Å². The smallest absolute Gasteiger partial charge is 0.266 e. The van der Waals surface area contributed by atoms with Crippen LogP contribution in [0.3, 0.4) is 0 Å². The lowest BCUT2D eigenvalue weighted by Crippen LogP contribution is -2.30. The molecule has 8 heteroatoms. The normalized spacial score (nSPS) is 12.9. The van der Waals surface area contributed by atoms with Crippen molar-refractivity contribution in [2.75, 3.05) is 11.4 Å². The molecule has 0 aliphatic carbocycles. The van der Waals surface area contributed by atoms with Gasteiger partial charge in [-0.25, -0.2) is 4.90 Å². The van der Waals surface area contributed by atoms with Crippen LogP contribution in [0.2, 0.25) is 0 Å². The molecule has 1 N–H and O–H groups in total. The number of carbonyl (C=O) groups is 3. The van der Waals surface area contributed by atoms with Crippen LogP contribution in [0.4, 0.5) is 5.69 Å². The highest BCUT2D eigenvalue weighted by Crippen LogP contribution is 2.28. The highest BCUT2D eigenvalue weighted by molar-refractivity contribution is 9.10. The molecule has 1 aromatic heterocycles. The van der Waals surface area contributed by atoms with Crippen LogP contribution in [0, 0.1) is 6.92 Å². The van der Waals surface area contributed by atoms with Crippen molar-refractivity contribution in [1.29, 1.82) is 0 Å². The minimum Gasteiger partial charge on any atom is -0.352 e. The van der Waals surface area contributed by atoms with E-state index in [9.17, 15) is 14.4 Å². The monoisotopic (exact) mass is 466 g/mol. The number of hydrogen-bond donors (Lipinski definition) is 1. The second-order valence-electron chi connectivity index (χ2n) is 6.98. The van der Waals surface area contributed by atoms with E-state index < -0.39 is 0 Å². The van der Waals surface area contributed by atoms with Gasteiger partial charge in [-0.1, -0.05) is 18.2 Å². The Bertz CT molecular complexity index is 1100. The fourth-order valence-corrected chi connectivity index (χ4v) is 3.68. The highest BCUT2D eigenvalue weighted by atomic mass is 79.9. The average molecular weight is 467 g/mol. The molecule has 30 heavy (non-hydrogen) atoms. The van der Waals surface area contributed by atoms with Gasteiger partial charge in [-0.15, -0.1) is 0 Å². The van der Waals surface area contributed by atoms with Crippen molar-refractivity contribution >= 4 is 39.3 Å². The number of halogens is 1. The Morgan fingerprint density at radius 3 is 2.40 bits per heavy atom. The standard InChI is InChI=1S/C22H19BrN4O3/c1-14-19(23)13-26(25-14)11-5-10-24-20(28)15-6-4-7-16(12-15)27-21(29)17-8-2-3-9-18(17)22(27)30/h2-4,6-9,12-13H,5,10-11H2,1H3,(H,24,28). The van der Waals surface area contributed by atoms with E-state index >= 15 is 0 Å². The molecule has 0 bridgehead atoms. The third kappa shape index (κ3) is 3.78. The number of benzene rings is 2. The summed E-state index contributed by atoms with van der Waals surface area (Å²) in [6, 6.07) is 13.2. The summed E-state index contributed by atoms with van der Waals surface area (Å²) in [5.41, 5.74) is 2.44. The third-order valence-corrected chi connectivity index (χ3v) is 5.68. The zero-order valence-electron chi connectivity index (χ0n) is 16.3. The largest absolute Gasteiger partial charge is 0.352 e. The summed E-state index contributed by atoms with van der Waals surface area (Å²) in [6.45, 7) is 3.08. The molecule has 0 saturated heterocycles. The molecule has 0 fully saturated rings. The molecule has 3 amide bonds. The summed E-state index contributed by atoms with van der Waals surface area (Å²) in [6.07, 6.45) is 2.63. The maximum Gasteiger partial charge on any atom is 0.266 e. The maximum absolute atomic E-state index is 12.7. The van der Waals surface area contributed by atoms with Crippen LogP contribution >= 0.6 is 15.9 Å². The number of hydrogen-bond acceptors (Lipinski definition) is 4.